The third-order valence-corrected chi connectivity index (χ3v) is 6.88. The first-order valence-corrected chi connectivity index (χ1v) is 11.8. The molecule has 37 heavy (non-hydrogen) atoms. The SMILES string of the molecule is [2H]C1([2H])c2cnccc2[C@@]2(C(C)(C)C)OC(c3[c-]c(Oc4ncc5cc(C)cc(O)c5n4)ccc3)=N[C@@]12C.[Pt]. The van der Waals surface area contributed by atoms with Gasteiger partial charge in [-0.15, -0.1) is 18.2 Å². The molecule has 8 heteroatoms. The maximum absolute atomic E-state index is 10.3. The van der Waals surface area contributed by atoms with Crippen molar-refractivity contribution in [2.45, 2.75) is 52.1 Å². The molecule has 0 spiro atoms. The molecule has 2 aliphatic rings. The summed E-state index contributed by atoms with van der Waals surface area (Å²) in [5.41, 5.74) is 0.225. The summed E-state index contributed by atoms with van der Waals surface area (Å²) in [6, 6.07) is 13.9. The number of phenols is 1. The molecule has 1 N–H and O–H groups in total. The normalized spacial score (nSPS) is 24.2. The Morgan fingerprint density at radius 1 is 1.19 bits per heavy atom. The molecule has 0 saturated heterocycles. The van der Waals surface area contributed by atoms with Gasteiger partial charge in [0.25, 0.3) is 0 Å². The first-order valence-electron chi connectivity index (χ1n) is 12.8. The molecule has 3 heterocycles. The summed E-state index contributed by atoms with van der Waals surface area (Å²) >= 11 is 0. The van der Waals surface area contributed by atoms with E-state index in [2.05, 4.69) is 21.0 Å². The summed E-state index contributed by atoms with van der Waals surface area (Å²) < 4.78 is 30.8. The van der Waals surface area contributed by atoms with Crippen LogP contribution >= 0.6 is 0 Å². The molecule has 0 fully saturated rings. The van der Waals surface area contributed by atoms with Gasteiger partial charge >= 0.3 is 6.01 Å². The largest absolute Gasteiger partial charge is 0.507 e. The molecular formula is C29H27N4O3Pt-. The van der Waals surface area contributed by atoms with Gasteiger partial charge in [-0.1, -0.05) is 32.4 Å². The Hall–Kier alpha value is -3.31. The summed E-state index contributed by atoms with van der Waals surface area (Å²) in [7, 11) is 0. The number of fused-ring (bicyclic) bond motifs is 4. The number of phenolic OH excluding ortho intramolecular Hbond substituents is 1. The second kappa shape index (κ2) is 8.63. The van der Waals surface area contributed by atoms with Crippen LogP contribution < -0.4 is 4.74 Å². The summed E-state index contributed by atoms with van der Waals surface area (Å²) in [5, 5.41) is 11.0. The van der Waals surface area contributed by atoms with Gasteiger partial charge in [0.05, 0.1) is 5.54 Å². The molecule has 1 aliphatic heterocycles. The van der Waals surface area contributed by atoms with Crippen molar-refractivity contribution in [3.05, 3.63) is 83.3 Å². The van der Waals surface area contributed by atoms with E-state index in [1.165, 1.54) is 0 Å². The van der Waals surface area contributed by atoms with Crippen molar-refractivity contribution in [1.29, 1.82) is 0 Å². The zero-order valence-corrected chi connectivity index (χ0v) is 23.3. The number of hydrogen-bond acceptors (Lipinski definition) is 7. The quantitative estimate of drug-likeness (QED) is 0.282. The van der Waals surface area contributed by atoms with Crippen molar-refractivity contribution >= 4 is 16.8 Å². The zero-order valence-electron chi connectivity index (χ0n) is 23.1. The van der Waals surface area contributed by atoms with E-state index < -0.39 is 22.9 Å². The van der Waals surface area contributed by atoms with E-state index in [0.717, 1.165) is 11.1 Å². The molecule has 7 nitrogen and oxygen atoms in total. The molecule has 1 aliphatic carbocycles. The predicted octanol–water partition coefficient (Wildman–Crippen LogP) is 5.66. The van der Waals surface area contributed by atoms with Crippen molar-refractivity contribution in [1.82, 2.24) is 15.0 Å². The summed E-state index contributed by atoms with van der Waals surface area (Å²) in [5.74, 6) is 0.668. The number of rotatable bonds is 3. The number of aryl methyl sites for hydroxylation is 1. The van der Waals surface area contributed by atoms with Crippen LogP contribution in [0.25, 0.3) is 10.9 Å². The fourth-order valence-corrected chi connectivity index (χ4v) is 5.48. The van der Waals surface area contributed by atoms with Gasteiger partial charge in [-0.05, 0) is 43.2 Å². The van der Waals surface area contributed by atoms with E-state index >= 15 is 0 Å². The first-order chi connectivity index (χ1) is 17.9. The van der Waals surface area contributed by atoms with Crippen LogP contribution in [0.3, 0.4) is 0 Å². The number of nitrogens with zero attached hydrogens (tertiary/aromatic N) is 4. The van der Waals surface area contributed by atoms with E-state index in [9.17, 15) is 5.11 Å². The van der Waals surface area contributed by atoms with E-state index in [4.69, 9.17) is 17.2 Å². The fraction of sp³-hybridized carbons (Fsp3) is 0.310. The maximum atomic E-state index is 10.3. The fourth-order valence-electron chi connectivity index (χ4n) is 5.48. The molecule has 2 aromatic carbocycles. The number of pyridine rings is 1. The average molecular weight is 677 g/mol. The van der Waals surface area contributed by atoms with Gasteiger partial charge in [0.1, 0.15) is 17.2 Å². The summed E-state index contributed by atoms with van der Waals surface area (Å²) in [6.45, 7) is 9.80. The Morgan fingerprint density at radius 3 is 2.78 bits per heavy atom. The minimum atomic E-state index is -1.82. The number of hydrogen-bond donors (Lipinski definition) is 1. The number of benzene rings is 2. The minimum absolute atomic E-state index is 0. The van der Waals surface area contributed by atoms with Crippen molar-refractivity contribution in [3.8, 4) is 17.5 Å². The van der Waals surface area contributed by atoms with Crippen LogP contribution in [0.15, 0.2) is 60.0 Å². The standard InChI is InChI=1S/C29H27N4O3.Pt/c1-17-11-19-16-31-26(32-24(19)23(34)12-17)35-21-8-6-7-18(13-21)25-33-28(5)14-20-15-30-10-9-22(20)29(28,36-25)27(2,3)4;/h6-12,15-16,34H,14H2,1-5H3;/q-1;/t28-,29-;/m0./s1/i14D2;. The van der Waals surface area contributed by atoms with Crippen molar-refractivity contribution in [2.24, 2.45) is 10.4 Å². The first kappa shape index (κ1) is 22.9. The van der Waals surface area contributed by atoms with E-state index in [1.54, 1.807) is 42.9 Å². The molecule has 192 valence electrons. The van der Waals surface area contributed by atoms with Crippen LogP contribution in [-0.4, -0.2) is 31.5 Å². The Kier molecular flexibility index (Phi) is 5.33. The molecular weight excluding hydrogens is 647 g/mol. The van der Waals surface area contributed by atoms with Gasteiger partial charge in [-0.3, -0.25) is 9.98 Å². The van der Waals surface area contributed by atoms with Crippen LogP contribution in [0.2, 0.25) is 0 Å². The van der Waals surface area contributed by atoms with Gasteiger partial charge in [0.2, 0.25) is 0 Å². The summed E-state index contributed by atoms with van der Waals surface area (Å²) in [6.07, 6.45) is 3.02. The molecule has 0 unspecified atom stereocenters. The molecule has 2 aromatic heterocycles. The Bertz CT molecular complexity index is 1660. The van der Waals surface area contributed by atoms with Crippen LogP contribution in [0.1, 0.15) is 52.7 Å². The van der Waals surface area contributed by atoms with Gasteiger partial charge in [-0.2, -0.15) is 4.98 Å². The Labute approximate surface area is 233 Å². The van der Waals surface area contributed by atoms with Crippen molar-refractivity contribution < 1.29 is 38.4 Å². The van der Waals surface area contributed by atoms with E-state index in [-0.39, 0.29) is 38.7 Å². The molecule has 0 bridgehead atoms. The number of ether oxygens (including phenoxy) is 2. The number of aromatic nitrogens is 3. The van der Waals surface area contributed by atoms with Crippen molar-refractivity contribution in [2.75, 3.05) is 0 Å². The van der Waals surface area contributed by atoms with E-state index in [0.29, 0.717) is 27.8 Å². The van der Waals surface area contributed by atoms with Gasteiger partial charge in [-0.25, -0.2) is 4.98 Å². The predicted molar refractivity (Wildman–Crippen MR) is 136 cm³/mol. The average Bonchev–Trinajstić information content (AvgIpc) is 3.27. The molecule has 0 amide bonds. The Morgan fingerprint density at radius 2 is 2.00 bits per heavy atom. The molecule has 4 aromatic rings. The molecule has 2 atom stereocenters. The number of aliphatic imine (C=N–C) groups is 1. The Balaban J connectivity index is 0.00000308. The van der Waals surface area contributed by atoms with Crippen LogP contribution in [0.5, 0.6) is 17.5 Å². The molecule has 0 radical (unpaired) electrons. The van der Waals surface area contributed by atoms with Crippen molar-refractivity contribution in [3.63, 3.8) is 0 Å². The van der Waals surface area contributed by atoms with E-state index in [1.807, 2.05) is 46.8 Å². The second-order valence-electron chi connectivity index (χ2n) is 10.5. The zero-order chi connectivity index (χ0) is 27.1. The number of aromatic hydroxyl groups is 1. The van der Waals surface area contributed by atoms with Crippen LogP contribution in [0, 0.1) is 18.4 Å². The van der Waals surface area contributed by atoms with Crippen LogP contribution in [0.4, 0.5) is 0 Å². The van der Waals surface area contributed by atoms with Gasteiger partial charge in [0, 0.05) is 70.9 Å². The monoisotopic (exact) mass is 676 g/mol. The molecule has 6 rings (SSSR count). The van der Waals surface area contributed by atoms with Crippen LogP contribution in [-0.2, 0) is 37.8 Å². The maximum Gasteiger partial charge on any atom is 0.321 e. The third kappa shape index (κ3) is 3.83. The van der Waals surface area contributed by atoms with Gasteiger partial charge in [0.15, 0.2) is 5.60 Å². The third-order valence-electron chi connectivity index (χ3n) is 6.88. The molecule has 0 saturated carbocycles. The summed E-state index contributed by atoms with van der Waals surface area (Å²) in [4.78, 5) is 17.7. The van der Waals surface area contributed by atoms with Gasteiger partial charge < -0.3 is 14.6 Å². The second-order valence-corrected chi connectivity index (χ2v) is 10.5. The topological polar surface area (TPSA) is 89.7 Å². The smallest absolute Gasteiger partial charge is 0.321 e. The minimum Gasteiger partial charge on any atom is -0.507 e.